The molecular formula is C25H33N6O8P. The van der Waals surface area contributed by atoms with Crippen molar-refractivity contribution in [1.29, 1.82) is 0 Å². The Morgan fingerprint density at radius 1 is 1.07 bits per heavy atom. The summed E-state index contributed by atoms with van der Waals surface area (Å²) < 4.78 is 17.1. The number of carbonyl (C=O) groups excluding carboxylic acids is 2. The average molecular weight is 577 g/mol. The summed E-state index contributed by atoms with van der Waals surface area (Å²) >= 11 is 0. The van der Waals surface area contributed by atoms with Gasteiger partial charge in [-0.15, -0.1) is 0 Å². The molecule has 2 aromatic rings. The van der Waals surface area contributed by atoms with E-state index in [0.717, 1.165) is 6.42 Å². The minimum absolute atomic E-state index is 0.00519. The highest BCUT2D eigenvalue weighted by Crippen LogP contribution is 2.35. The molecule has 3 heterocycles. The smallest absolute Gasteiger partial charge is 0.407 e. The van der Waals surface area contributed by atoms with Gasteiger partial charge in [0.25, 0.3) is 5.91 Å². The monoisotopic (exact) mass is 576 g/mol. The Hall–Kier alpha value is -3.58. The molecule has 2 aliphatic heterocycles. The summed E-state index contributed by atoms with van der Waals surface area (Å²) in [6.07, 6.45) is -1.21. The van der Waals surface area contributed by atoms with Crippen LogP contribution in [0.15, 0.2) is 36.4 Å². The van der Waals surface area contributed by atoms with Crippen molar-refractivity contribution >= 4 is 31.3 Å². The van der Waals surface area contributed by atoms with Gasteiger partial charge in [-0.1, -0.05) is 30.3 Å². The lowest BCUT2D eigenvalue weighted by atomic mass is 10.1. The fourth-order valence-corrected chi connectivity index (χ4v) is 5.28. The van der Waals surface area contributed by atoms with Crippen LogP contribution in [0.25, 0.3) is 11.4 Å². The molecule has 0 spiro atoms. The van der Waals surface area contributed by atoms with E-state index in [2.05, 4.69) is 15.3 Å². The van der Waals surface area contributed by atoms with E-state index in [-0.39, 0.29) is 44.4 Å². The van der Waals surface area contributed by atoms with Gasteiger partial charge in [0, 0.05) is 58.0 Å². The SMILES string of the molecule is CO[C@H]1CCN(c2cc(C(=O)N[C@@H](CCP(=O)(O)O)C(=O)N3CCN(C(=O)O)CC3)nc(-c3ccccc3)n2)C1. The highest BCUT2D eigenvalue weighted by molar-refractivity contribution is 7.51. The van der Waals surface area contributed by atoms with Gasteiger partial charge in [-0.2, -0.15) is 0 Å². The normalized spacial score (nSPS) is 18.5. The Labute approximate surface area is 231 Å². The van der Waals surface area contributed by atoms with Gasteiger partial charge in [-0.25, -0.2) is 14.8 Å². The first-order chi connectivity index (χ1) is 19.0. The van der Waals surface area contributed by atoms with Gasteiger partial charge in [0.2, 0.25) is 5.91 Å². The Morgan fingerprint density at radius 2 is 1.75 bits per heavy atom. The minimum Gasteiger partial charge on any atom is -0.465 e. The van der Waals surface area contributed by atoms with Crippen LogP contribution < -0.4 is 10.2 Å². The number of benzene rings is 1. The number of carbonyl (C=O) groups is 3. The molecule has 2 saturated heterocycles. The summed E-state index contributed by atoms with van der Waals surface area (Å²) in [5.41, 5.74) is 0.681. The van der Waals surface area contributed by atoms with Gasteiger partial charge in [-0.05, 0) is 12.8 Å². The first kappa shape index (κ1) is 29.4. The van der Waals surface area contributed by atoms with E-state index >= 15 is 0 Å². The molecule has 14 nitrogen and oxygen atoms in total. The number of ether oxygens (including phenoxy) is 1. The maximum absolute atomic E-state index is 13.5. The van der Waals surface area contributed by atoms with E-state index in [1.54, 1.807) is 7.11 Å². The molecule has 15 heteroatoms. The van der Waals surface area contributed by atoms with Crippen molar-refractivity contribution in [1.82, 2.24) is 25.1 Å². The van der Waals surface area contributed by atoms with Crippen molar-refractivity contribution in [2.24, 2.45) is 0 Å². The number of carboxylic acid groups (broad SMARTS) is 1. The molecule has 216 valence electrons. The number of piperazine rings is 1. The number of anilines is 1. The molecule has 3 amide bonds. The first-order valence-corrected chi connectivity index (χ1v) is 14.7. The van der Waals surface area contributed by atoms with Gasteiger partial charge in [0.05, 0.1) is 12.3 Å². The zero-order valence-corrected chi connectivity index (χ0v) is 22.9. The molecule has 2 fully saturated rings. The van der Waals surface area contributed by atoms with Crippen molar-refractivity contribution < 1.29 is 38.6 Å². The number of rotatable bonds is 9. The van der Waals surface area contributed by atoms with Gasteiger partial charge >= 0.3 is 13.7 Å². The standard InChI is InChI=1S/C25H33N6O8P/c1-39-18-7-9-31(16-18)21-15-20(26-22(28-21)17-5-3-2-4-6-17)23(32)27-19(8-14-40(36,37)38)24(33)29-10-12-30(13-11-29)25(34)35/h2-6,15,18-19H,7-14,16H2,1H3,(H,27,32)(H,34,35)(H2,36,37,38)/t18-,19-/m0/s1. The second-order valence-electron chi connectivity index (χ2n) is 9.69. The molecule has 2 aliphatic rings. The van der Waals surface area contributed by atoms with Crippen LogP contribution in [0.4, 0.5) is 10.6 Å². The Kier molecular flexibility index (Phi) is 9.36. The maximum atomic E-state index is 13.5. The number of nitrogens with one attached hydrogen (secondary N) is 1. The van der Waals surface area contributed by atoms with E-state index in [0.29, 0.717) is 30.3 Å². The van der Waals surface area contributed by atoms with Crippen LogP contribution in [0.3, 0.4) is 0 Å². The molecule has 1 aromatic heterocycles. The second-order valence-corrected chi connectivity index (χ2v) is 11.5. The van der Waals surface area contributed by atoms with Crippen molar-refractivity contribution in [3.63, 3.8) is 0 Å². The largest absolute Gasteiger partial charge is 0.465 e. The van der Waals surface area contributed by atoms with Crippen LogP contribution in [0.1, 0.15) is 23.3 Å². The molecular weight excluding hydrogens is 543 g/mol. The van der Waals surface area contributed by atoms with Crippen molar-refractivity contribution in [3.8, 4) is 11.4 Å². The summed E-state index contributed by atoms with van der Waals surface area (Å²) in [5, 5.41) is 11.8. The van der Waals surface area contributed by atoms with E-state index in [1.807, 2.05) is 35.2 Å². The number of methoxy groups -OCH3 is 1. The fraction of sp³-hybridized carbons (Fsp3) is 0.480. The van der Waals surface area contributed by atoms with Crippen molar-refractivity contribution in [2.75, 3.05) is 57.4 Å². The molecule has 1 aromatic carbocycles. The van der Waals surface area contributed by atoms with Gasteiger partial charge < -0.3 is 39.6 Å². The highest BCUT2D eigenvalue weighted by atomic mass is 31.2. The molecule has 40 heavy (non-hydrogen) atoms. The minimum atomic E-state index is -4.47. The second kappa shape index (κ2) is 12.7. The van der Waals surface area contributed by atoms with Crippen LogP contribution in [0, 0.1) is 0 Å². The Morgan fingerprint density at radius 3 is 2.35 bits per heavy atom. The maximum Gasteiger partial charge on any atom is 0.407 e. The van der Waals surface area contributed by atoms with Crippen LogP contribution in [-0.4, -0.2) is 117 Å². The third-order valence-corrected chi connectivity index (χ3v) is 7.79. The Bertz CT molecular complexity index is 1270. The van der Waals surface area contributed by atoms with Gasteiger partial charge in [0.15, 0.2) is 5.82 Å². The van der Waals surface area contributed by atoms with Crippen LogP contribution >= 0.6 is 7.60 Å². The van der Waals surface area contributed by atoms with E-state index in [1.165, 1.54) is 15.9 Å². The number of nitrogens with zero attached hydrogens (tertiary/aromatic N) is 5. The number of hydrogen-bond donors (Lipinski definition) is 4. The van der Waals surface area contributed by atoms with Crippen LogP contribution in [0.5, 0.6) is 0 Å². The molecule has 0 aliphatic carbocycles. The lowest BCUT2D eigenvalue weighted by molar-refractivity contribution is -0.134. The number of aromatic nitrogens is 2. The van der Waals surface area contributed by atoms with Gasteiger partial charge in [-0.3, -0.25) is 14.2 Å². The third-order valence-electron chi connectivity index (χ3n) is 6.95. The topological polar surface area (TPSA) is 186 Å². The summed E-state index contributed by atoms with van der Waals surface area (Å²) in [6.45, 7) is 1.62. The van der Waals surface area contributed by atoms with E-state index < -0.39 is 37.7 Å². The molecule has 4 N–H and O–H groups in total. The zero-order chi connectivity index (χ0) is 28.9. The van der Waals surface area contributed by atoms with E-state index in [4.69, 9.17) is 4.74 Å². The summed E-state index contributed by atoms with van der Waals surface area (Å²) in [6, 6.07) is 9.39. The first-order valence-electron chi connectivity index (χ1n) is 12.9. The molecule has 0 bridgehead atoms. The fourth-order valence-electron chi connectivity index (χ4n) is 4.68. The lowest BCUT2D eigenvalue weighted by Gasteiger charge is -2.35. The lowest BCUT2D eigenvalue weighted by Crippen LogP contribution is -2.56. The molecule has 2 atom stereocenters. The predicted octanol–water partition coefficient (Wildman–Crippen LogP) is 0.857. The average Bonchev–Trinajstić information content (AvgIpc) is 3.44. The number of amides is 3. The summed E-state index contributed by atoms with van der Waals surface area (Å²) in [5.74, 6) is -0.420. The zero-order valence-electron chi connectivity index (χ0n) is 22.0. The predicted molar refractivity (Wildman–Crippen MR) is 144 cm³/mol. The third kappa shape index (κ3) is 7.54. The van der Waals surface area contributed by atoms with Crippen LogP contribution in [0.2, 0.25) is 0 Å². The van der Waals surface area contributed by atoms with Crippen molar-refractivity contribution in [2.45, 2.75) is 25.0 Å². The molecule has 0 unspecified atom stereocenters. The quantitative estimate of drug-likeness (QED) is 0.310. The molecule has 0 radical (unpaired) electrons. The van der Waals surface area contributed by atoms with Crippen LogP contribution in [-0.2, 0) is 14.1 Å². The van der Waals surface area contributed by atoms with Gasteiger partial charge in [0.1, 0.15) is 17.6 Å². The Balaban J connectivity index is 1.59. The molecule has 4 rings (SSSR count). The summed E-state index contributed by atoms with van der Waals surface area (Å²) in [7, 11) is -2.83. The molecule has 0 saturated carbocycles. The van der Waals surface area contributed by atoms with E-state index in [9.17, 15) is 33.8 Å². The van der Waals surface area contributed by atoms with Crippen molar-refractivity contribution in [3.05, 3.63) is 42.1 Å². The summed E-state index contributed by atoms with van der Waals surface area (Å²) in [4.78, 5) is 70.6. The number of hydrogen-bond acceptors (Lipinski definition) is 8. The highest BCUT2D eigenvalue weighted by Gasteiger charge is 2.32.